The van der Waals surface area contributed by atoms with E-state index in [0.29, 0.717) is 17.4 Å². The molecule has 2 heterocycles. The molecule has 0 fully saturated rings. The highest BCUT2D eigenvalue weighted by Gasteiger charge is 2.10. The Morgan fingerprint density at radius 3 is 2.73 bits per heavy atom. The van der Waals surface area contributed by atoms with Gasteiger partial charge in [-0.3, -0.25) is 4.57 Å². The number of para-hydroxylation sites is 1. The maximum absolute atomic E-state index is 6.08. The largest absolute Gasteiger partial charge is 0.383 e. The Kier molecular flexibility index (Phi) is 4.34. The van der Waals surface area contributed by atoms with Gasteiger partial charge in [-0.05, 0) is 49.2 Å². The van der Waals surface area contributed by atoms with E-state index < -0.39 is 0 Å². The van der Waals surface area contributed by atoms with Gasteiger partial charge in [0.25, 0.3) is 0 Å². The summed E-state index contributed by atoms with van der Waals surface area (Å²) >= 11 is 1.60. The van der Waals surface area contributed by atoms with Crippen LogP contribution in [0.1, 0.15) is 17.0 Å². The molecule has 130 valence electrons. The first kappa shape index (κ1) is 16.6. The molecular formula is C20H19N5S. The third-order valence-electron chi connectivity index (χ3n) is 4.38. The number of nitrogen functional groups attached to an aromatic ring is 1. The van der Waals surface area contributed by atoms with Crippen LogP contribution in [0.3, 0.4) is 0 Å². The molecule has 0 atom stereocenters. The highest BCUT2D eigenvalue weighted by molar-refractivity contribution is 7.98. The average Bonchev–Trinajstić information content (AvgIpc) is 3.11. The number of rotatable bonds is 4. The number of aromatic nitrogens is 4. The molecule has 0 aliphatic carbocycles. The second kappa shape index (κ2) is 6.80. The van der Waals surface area contributed by atoms with Crippen LogP contribution in [-0.2, 0) is 5.75 Å². The smallest absolute Gasteiger partial charge is 0.173 e. The van der Waals surface area contributed by atoms with Crippen molar-refractivity contribution in [2.24, 2.45) is 0 Å². The molecule has 0 spiro atoms. The number of aryl methyl sites for hydroxylation is 2. The Morgan fingerprint density at radius 1 is 1.04 bits per heavy atom. The zero-order valence-electron chi connectivity index (χ0n) is 14.7. The lowest BCUT2D eigenvalue weighted by Crippen LogP contribution is -2.01. The van der Waals surface area contributed by atoms with E-state index in [2.05, 4.69) is 51.6 Å². The van der Waals surface area contributed by atoms with Crippen molar-refractivity contribution < 1.29 is 0 Å². The van der Waals surface area contributed by atoms with Gasteiger partial charge in [-0.15, -0.1) is 0 Å². The zero-order chi connectivity index (χ0) is 18.1. The minimum Gasteiger partial charge on any atom is -0.383 e. The Morgan fingerprint density at radius 2 is 1.88 bits per heavy atom. The SMILES string of the molecule is Cc1ccc(-n2ccnc2SCc2nc(N)c3ccccc3n2)cc1C. The molecule has 0 unspecified atom stereocenters. The van der Waals surface area contributed by atoms with Gasteiger partial charge in [-0.1, -0.05) is 30.0 Å². The Labute approximate surface area is 156 Å². The monoisotopic (exact) mass is 361 g/mol. The molecule has 0 aliphatic rings. The number of nitrogens with zero attached hydrogens (tertiary/aromatic N) is 4. The minimum absolute atomic E-state index is 0.517. The third-order valence-corrected chi connectivity index (χ3v) is 5.35. The molecule has 2 aromatic carbocycles. The maximum atomic E-state index is 6.08. The Hall–Kier alpha value is -2.86. The Balaban J connectivity index is 1.60. The van der Waals surface area contributed by atoms with Gasteiger partial charge >= 0.3 is 0 Å². The lowest BCUT2D eigenvalue weighted by Gasteiger charge is -2.10. The van der Waals surface area contributed by atoms with Crippen LogP contribution in [0.15, 0.2) is 60.0 Å². The summed E-state index contributed by atoms with van der Waals surface area (Å²) < 4.78 is 2.08. The molecule has 0 bridgehead atoms. The van der Waals surface area contributed by atoms with Gasteiger partial charge in [0.05, 0.1) is 11.3 Å². The van der Waals surface area contributed by atoms with E-state index in [9.17, 15) is 0 Å². The van der Waals surface area contributed by atoms with Gasteiger partial charge in [0.2, 0.25) is 0 Å². The summed E-state index contributed by atoms with van der Waals surface area (Å²) in [7, 11) is 0. The molecule has 0 radical (unpaired) electrons. The molecular weight excluding hydrogens is 342 g/mol. The minimum atomic E-state index is 0.517. The standard InChI is InChI=1S/C20H19N5S/c1-13-7-8-15(11-14(13)2)25-10-9-22-20(25)26-12-18-23-17-6-4-3-5-16(17)19(21)24-18/h3-11H,12H2,1-2H3,(H2,21,23,24). The second-order valence-electron chi connectivity index (χ2n) is 6.18. The fourth-order valence-corrected chi connectivity index (χ4v) is 3.64. The molecule has 6 heteroatoms. The number of hydrogen-bond donors (Lipinski definition) is 1. The van der Waals surface area contributed by atoms with Gasteiger partial charge in [0, 0.05) is 23.5 Å². The number of benzene rings is 2. The topological polar surface area (TPSA) is 69.6 Å². The van der Waals surface area contributed by atoms with Crippen molar-refractivity contribution in [1.29, 1.82) is 0 Å². The van der Waals surface area contributed by atoms with E-state index in [-0.39, 0.29) is 0 Å². The normalized spacial score (nSPS) is 11.2. The van der Waals surface area contributed by atoms with Crippen LogP contribution in [0.25, 0.3) is 16.6 Å². The van der Waals surface area contributed by atoms with Crippen molar-refractivity contribution in [2.45, 2.75) is 24.8 Å². The van der Waals surface area contributed by atoms with E-state index in [1.54, 1.807) is 11.8 Å². The van der Waals surface area contributed by atoms with Gasteiger partial charge in [-0.25, -0.2) is 15.0 Å². The number of imidazole rings is 1. The van der Waals surface area contributed by atoms with Crippen molar-refractivity contribution in [3.05, 3.63) is 71.8 Å². The fraction of sp³-hybridized carbons (Fsp3) is 0.150. The van der Waals surface area contributed by atoms with Crippen LogP contribution in [-0.4, -0.2) is 19.5 Å². The lowest BCUT2D eigenvalue weighted by atomic mass is 10.1. The lowest BCUT2D eigenvalue weighted by molar-refractivity contribution is 0.890. The van der Waals surface area contributed by atoms with Crippen LogP contribution in [0.2, 0.25) is 0 Å². The first-order valence-corrected chi connectivity index (χ1v) is 9.35. The van der Waals surface area contributed by atoms with Gasteiger partial charge in [0.15, 0.2) is 5.16 Å². The van der Waals surface area contributed by atoms with Gasteiger partial charge in [0.1, 0.15) is 11.6 Å². The zero-order valence-corrected chi connectivity index (χ0v) is 15.5. The molecule has 5 nitrogen and oxygen atoms in total. The van der Waals surface area contributed by atoms with Crippen molar-refractivity contribution in [2.75, 3.05) is 5.73 Å². The fourth-order valence-electron chi connectivity index (χ4n) is 2.81. The first-order chi connectivity index (χ1) is 12.6. The molecule has 2 N–H and O–H groups in total. The predicted octanol–water partition coefficient (Wildman–Crippen LogP) is 4.31. The summed E-state index contributed by atoms with van der Waals surface area (Å²) in [6.45, 7) is 4.23. The highest BCUT2D eigenvalue weighted by atomic mass is 32.2. The second-order valence-corrected chi connectivity index (χ2v) is 7.12. The quantitative estimate of drug-likeness (QED) is 0.549. The van der Waals surface area contributed by atoms with E-state index in [0.717, 1.165) is 21.7 Å². The summed E-state index contributed by atoms with van der Waals surface area (Å²) in [5, 5.41) is 1.79. The van der Waals surface area contributed by atoms with Crippen molar-refractivity contribution in [3.63, 3.8) is 0 Å². The summed E-state index contributed by atoms with van der Waals surface area (Å²) in [4.78, 5) is 13.5. The van der Waals surface area contributed by atoms with E-state index in [4.69, 9.17) is 5.73 Å². The predicted molar refractivity (Wildman–Crippen MR) is 107 cm³/mol. The van der Waals surface area contributed by atoms with Gasteiger partial charge < -0.3 is 5.73 Å². The summed E-state index contributed by atoms with van der Waals surface area (Å²) in [5.41, 5.74) is 10.6. The molecule has 26 heavy (non-hydrogen) atoms. The van der Waals surface area contributed by atoms with Crippen LogP contribution < -0.4 is 5.73 Å². The average molecular weight is 361 g/mol. The van der Waals surface area contributed by atoms with Crippen LogP contribution in [0.5, 0.6) is 0 Å². The highest BCUT2D eigenvalue weighted by Crippen LogP contribution is 2.25. The van der Waals surface area contributed by atoms with Gasteiger partial charge in [-0.2, -0.15) is 0 Å². The Bertz CT molecular complexity index is 1090. The van der Waals surface area contributed by atoms with Crippen LogP contribution in [0, 0.1) is 13.8 Å². The first-order valence-electron chi connectivity index (χ1n) is 8.37. The summed E-state index contributed by atoms with van der Waals surface area (Å²) in [6.07, 6.45) is 3.79. The number of anilines is 1. The maximum Gasteiger partial charge on any atom is 0.173 e. The number of thioether (sulfide) groups is 1. The van der Waals surface area contributed by atoms with E-state index >= 15 is 0 Å². The van der Waals surface area contributed by atoms with E-state index in [1.165, 1.54) is 11.1 Å². The summed E-state index contributed by atoms with van der Waals surface area (Å²) in [5.74, 6) is 1.83. The third kappa shape index (κ3) is 3.15. The number of nitrogens with two attached hydrogens (primary N) is 1. The molecule has 0 aliphatic heterocycles. The van der Waals surface area contributed by atoms with Crippen molar-refractivity contribution in [1.82, 2.24) is 19.5 Å². The van der Waals surface area contributed by atoms with Crippen LogP contribution in [0.4, 0.5) is 5.82 Å². The molecule has 2 aromatic heterocycles. The molecule has 0 amide bonds. The number of fused-ring (bicyclic) bond motifs is 1. The molecule has 0 saturated carbocycles. The number of hydrogen-bond acceptors (Lipinski definition) is 5. The molecule has 0 saturated heterocycles. The van der Waals surface area contributed by atoms with Crippen molar-refractivity contribution in [3.8, 4) is 5.69 Å². The summed E-state index contributed by atoms with van der Waals surface area (Å²) in [6, 6.07) is 14.2. The molecule has 4 aromatic rings. The van der Waals surface area contributed by atoms with Crippen molar-refractivity contribution >= 4 is 28.5 Å². The molecule has 4 rings (SSSR count). The van der Waals surface area contributed by atoms with E-state index in [1.807, 2.05) is 36.7 Å². The van der Waals surface area contributed by atoms with Crippen LogP contribution >= 0.6 is 11.8 Å².